The molecule has 0 radical (unpaired) electrons. The van der Waals surface area contributed by atoms with Gasteiger partial charge in [-0.25, -0.2) is 0 Å². The highest BCUT2D eigenvalue weighted by molar-refractivity contribution is 6.09. The summed E-state index contributed by atoms with van der Waals surface area (Å²) in [6, 6.07) is 4.31. The van der Waals surface area contributed by atoms with Gasteiger partial charge < -0.3 is 9.47 Å². The number of halogens is 3. The number of hydrogen-bond donors (Lipinski definition) is 0. The lowest BCUT2D eigenvalue weighted by Crippen LogP contribution is -2.27. The Kier molecular flexibility index (Phi) is 5.41. The molecular weight excluding hydrogens is 277 g/mol. The molecule has 110 valence electrons. The van der Waals surface area contributed by atoms with Crippen molar-refractivity contribution >= 4 is 11.6 Å². The summed E-state index contributed by atoms with van der Waals surface area (Å²) in [4.78, 5) is 23.4. The molecule has 0 bridgehead atoms. The zero-order chi connectivity index (χ0) is 15.3. The Labute approximate surface area is 113 Å². The summed E-state index contributed by atoms with van der Waals surface area (Å²) >= 11 is 0. The fourth-order valence-electron chi connectivity index (χ4n) is 1.67. The van der Waals surface area contributed by atoms with Crippen LogP contribution in [0.4, 0.5) is 13.2 Å². The van der Waals surface area contributed by atoms with Crippen LogP contribution in [0.25, 0.3) is 0 Å². The fraction of sp³-hybridized carbons (Fsp3) is 0.385. The van der Waals surface area contributed by atoms with E-state index in [4.69, 9.17) is 0 Å². The second-order valence-corrected chi connectivity index (χ2v) is 3.91. The number of ether oxygens (including phenoxy) is 2. The molecule has 0 saturated carbocycles. The maximum Gasteiger partial charge on any atom is 0.417 e. The molecule has 0 N–H and O–H groups in total. The fourth-order valence-corrected chi connectivity index (χ4v) is 1.67. The smallest absolute Gasteiger partial charge is 0.349 e. The molecule has 0 spiro atoms. The van der Waals surface area contributed by atoms with Crippen LogP contribution in [0, 0.1) is 0 Å². The van der Waals surface area contributed by atoms with Crippen LogP contribution in [0.5, 0.6) is 0 Å². The molecule has 0 aliphatic carbocycles. The third kappa shape index (κ3) is 3.88. The molecule has 7 heteroatoms. The predicted molar refractivity (Wildman–Crippen MR) is 63.2 cm³/mol. The van der Waals surface area contributed by atoms with E-state index in [1.54, 1.807) is 0 Å². The Morgan fingerprint density at radius 1 is 1.15 bits per heavy atom. The molecule has 0 amide bonds. The molecule has 1 aromatic carbocycles. The normalized spacial score (nSPS) is 11.7. The summed E-state index contributed by atoms with van der Waals surface area (Å²) in [6.45, 7) is 0. The average molecular weight is 290 g/mol. The molecule has 0 aliphatic heterocycles. The van der Waals surface area contributed by atoms with E-state index >= 15 is 0 Å². The van der Waals surface area contributed by atoms with E-state index in [1.165, 1.54) is 26.4 Å². The number of benzene rings is 1. The number of methoxy groups -OCH3 is 2. The molecule has 1 rings (SSSR count). The van der Waals surface area contributed by atoms with E-state index in [0.29, 0.717) is 0 Å². The molecule has 0 saturated heterocycles. The van der Waals surface area contributed by atoms with Gasteiger partial charge in [0.1, 0.15) is 0 Å². The Morgan fingerprint density at radius 2 is 1.70 bits per heavy atom. The first-order valence-corrected chi connectivity index (χ1v) is 5.59. The van der Waals surface area contributed by atoms with Crippen LogP contribution in [0.1, 0.15) is 22.3 Å². The van der Waals surface area contributed by atoms with Crippen molar-refractivity contribution < 1.29 is 32.2 Å². The molecule has 0 atom stereocenters. The predicted octanol–water partition coefficient (Wildman–Crippen LogP) is 2.47. The van der Waals surface area contributed by atoms with Crippen molar-refractivity contribution in [3.8, 4) is 0 Å². The molecule has 20 heavy (non-hydrogen) atoms. The Balaban J connectivity index is 2.97. The lowest BCUT2D eigenvalue weighted by atomic mass is 9.99. The van der Waals surface area contributed by atoms with Crippen molar-refractivity contribution in [3.63, 3.8) is 0 Å². The Bertz CT molecular complexity index is 493. The maximum absolute atomic E-state index is 12.8. The van der Waals surface area contributed by atoms with E-state index in [2.05, 4.69) is 9.47 Å². The van der Waals surface area contributed by atoms with E-state index in [1.807, 2.05) is 0 Å². The lowest BCUT2D eigenvalue weighted by Gasteiger charge is -2.13. The number of Topliss-reactive ketones (excluding diaryl/α,β-unsaturated/α-hetero) is 2. The largest absolute Gasteiger partial charge is 0.417 e. The first kappa shape index (κ1) is 16.3. The number of ketones is 2. The van der Waals surface area contributed by atoms with E-state index in [0.717, 1.165) is 12.1 Å². The summed E-state index contributed by atoms with van der Waals surface area (Å²) < 4.78 is 47.6. The van der Waals surface area contributed by atoms with Crippen molar-refractivity contribution in [3.05, 3.63) is 35.4 Å². The SMILES string of the molecule is COC(OC)C(=O)CC(=O)c1ccccc1C(F)(F)F. The van der Waals surface area contributed by atoms with Gasteiger partial charge in [0, 0.05) is 19.8 Å². The van der Waals surface area contributed by atoms with E-state index < -0.39 is 41.6 Å². The second kappa shape index (κ2) is 6.62. The lowest BCUT2D eigenvalue weighted by molar-refractivity contribution is -0.155. The van der Waals surface area contributed by atoms with Gasteiger partial charge in [0.15, 0.2) is 11.6 Å². The van der Waals surface area contributed by atoms with Gasteiger partial charge in [-0.3, -0.25) is 9.59 Å². The van der Waals surface area contributed by atoms with Crippen LogP contribution >= 0.6 is 0 Å². The van der Waals surface area contributed by atoms with Gasteiger partial charge >= 0.3 is 6.18 Å². The molecule has 1 aromatic rings. The minimum atomic E-state index is -4.66. The molecule has 0 heterocycles. The van der Waals surface area contributed by atoms with Crippen molar-refractivity contribution in [1.82, 2.24) is 0 Å². The minimum absolute atomic E-state index is 0.542. The van der Waals surface area contributed by atoms with Gasteiger partial charge in [-0.1, -0.05) is 18.2 Å². The van der Waals surface area contributed by atoms with Gasteiger partial charge in [0.2, 0.25) is 6.29 Å². The van der Waals surface area contributed by atoms with Crippen molar-refractivity contribution in [2.75, 3.05) is 14.2 Å². The van der Waals surface area contributed by atoms with Crippen molar-refractivity contribution in [2.24, 2.45) is 0 Å². The first-order valence-electron chi connectivity index (χ1n) is 5.59. The second-order valence-electron chi connectivity index (χ2n) is 3.91. The molecule has 0 unspecified atom stereocenters. The minimum Gasteiger partial charge on any atom is -0.349 e. The summed E-state index contributed by atoms with van der Waals surface area (Å²) in [7, 11) is 2.39. The van der Waals surface area contributed by atoms with Gasteiger partial charge in [-0.05, 0) is 6.07 Å². The third-order valence-electron chi connectivity index (χ3n) is 2.56. The maximum atomic E-state index is 12.8. The highest BCUT2D eigenvalue weighted by Gasteiger charge is 2.35. The standard InChI is InChI=1S/C13H13F3O4/c1-19-12(20-2)11(18)7-10(17)8-5-3-4-6-9(8)13(14,15)16/h3-6,12H,7H2,1-2H3. The van der Waals surface area contributed by atoms with Crippen molar-refractivity contribution in [1.29, 1.82) is 0 Å². The van der Waals surface area contributed by atoms with Gasteiger partial charge in [0.25, 0.3) is 0 Å². The monoisotopic (exact) mass is 290 g/mol. The summed E-state index contributed by atoms with van der Waals surface area (Å²) in [5.74, 6) is -1.67. The number of carbonyl (C=O) groups excluding carboxylic acids is 2. The van der Waals surface area contributed by atoms with Crippen LogP contribution in [0.2, 0.25) is 0 Å². The van der Waals surface area contributed by atoms with Crippen LogP contribution < -0.4 is 0 Å². The number of hydrogen-bond acceptors (Lipinski definition) is 4. The van der Waals surface area contributed by atoms with Crippen LogP contribution in [-0.2, 0) is 20.4 Å². The third-order valence-corrected chi connectivity index (χ3v) is 2.56. The topological polar surface area (TPSA) is 52.6 Å². The molecule has 0 aliphatic rings. The first-order chi connectivity index (χ1) is 9.31. The number of alkyl halides is 3. The average Bonchev–Trinajstić information content (AvgIpc) is 2.39. The van der Waals surface area contributed by atoms with E-state index in [9.17, 15) is 22.8 Å². The van der Waals surface area contributed by atoms with Gasteiger partial charge in [-0.15, -0.1) is 0 Å². The van der Waals surface area contributed by atoms with E-state index in [-0.39, 0.29) is 0 Å². The van der Waals surface area contributed by atoms with Gasteiger partial charge in [0.05, 0.1) is 12.0 Å². The summed E-state index contributed by atoms with van der Waals surface area (Å²) in [5.41, 5.74) is -1.61. The molecule has 0 aromatic heterocycles. The van der Waals surface area contributed by atoms with Crippen LogP contribution in [-0.4, -0.2) is 32.1 Å². The van der Waals surface area contributed by atoms with Crippen LogP contribution in [0.3, 0.4) is 0 Å². The zero-order valence-electron chi connectivity index (χ0n) is 10.9. The molecule has 0 fully saturated rings. The quantitative estimate of drug-likeness (QED) is 0.459. The van der Waals surface area contributed by atoms with Gasteiger partial charge in [-0.2, -0.15) is 13.2 Å². The molecular formula is C13H13F3O4. The summed E-state index contributed by atoms with van der Waals surface area (Å²) in [6.07, 6.45) is -6.64. The summed E-state index contributed by atoms with van der Waals surface area (Å²) in [5, 5.41) is 0. The zero-order valence-corrected chi connectivity index (χ0v) is 10.9. The Morgan fingerprint density at radius 3 is 2.20 bits per heavy atom. The highest BCUT2D eigenvalue weighted by atomic mass is 19.4. The molecule has 4 nitrogen and oxygen atoms in total. The number of carbonyl (C=O) groups is 2. The van der Waals surface area contributed by atoms with Crippen molar-refractivity contribution in [2.45, 2.75) is 18.9 Å². The van der Waals surface area contributed by atoms with Crippen LogP contribution in [0.15, 0.2) is 24.3 Å². The number of rotatable bonds is 6. The highest BCUT2D eigenvalue weighted by Crippen LogP contribution is 2.32. The Hall–Kier alpha value is -1.73.